The number of aromatic nitrogens is 3. The Morgan fingerprint density at radius 3 is 3.12 bits per heavy atom. The number of thiazole rings is 1. The Kier molecular flexibility index (Phi) is 3.61. The van der Waals surface area contributed by atoms with Gasteiger partial charge in [-0.05, 0) is 30.3 Å². The van der Waals surface area contributed by atoms with Crippen molar-refractivity contribution < 1.29 is 9.47 Å². The van der Waals surface area contributed by atoms with Crippen LogP contribution in [-0.2, 0) is 5.75 Å². The van der Waals surface area contributed by atoms with Crippen molar-refractivity contribution in [1.82, 2.24) is 14.4 Å². The van der Waals surface area contributed by atoms with Gasteiger partial charge in [0.1, 0.15) is 5.01 Å². The molecule has 1 aliphatic rings. The second-order valence-corrected chi connectivity index (χ2v) is 7.34. The largest absolute Gasteiger partial charge is 0.454 e. The van der Waals surface area contributed by atoms with E-state index >= 15 is 0 Å². The molecule has 5 rings (SSSR count). The van der Waals surface area contributed by atoms with Crippen molar-refractivity contribution in [2.75, 3.05) is 6.79 Å². The molecule has 0 spiro atoms. The Bertz CT molecular complexity index is 1060. The van der Waals surface area contributed by atoms with E-state index in [1.165, 1.54) is 0 Å². The molecule has 1 aromatic carbocycles. The number of imidazole rings is 1. The third-order valence-corrected chi connectivity index (χ3v) is 5.87. The molecule has 0 atom stereocenters. The number of thioether (sulfide) groups is 1. The van der Waals surface area contributed by atoms with Gasteiger partial charge in [0.15, 0.2) is 16.7 Å². The molecule has 1 aliphatic heterocycles. The molecule has 0 saturated heterocycles. The van der Waals surface area contributed by atoms with E-state index in [4.69, 9.17) is 14.5 Å². The maximum atomic E-state index is 5.44. The van der Waals surface area contributed by atoms with Gasteiger partial charge < -0.3 is 9.47 Å². The number of benzene rings is 1. The van der Waals surface area contributed by atoms with Crippen LogP contribution in [-0.4, -0.2) is 21.2 Å². The molecule has 4 aromatic rings. The summed E-state index contributed by atoms with van der Waals surface area (Å²) in [5.41, 5.74) is 3.21. The van der Waals surface area contributed by atoms with Crippen molar-refractivity contribution in [3.8, 4) is 22.1 Å². The topological polar surface area (TPSA) is 48.7 Å². The van der Waals surface area contributed by atoms with E-state index in [1.54, 1.807) is 23.1 Å². The van der Waals surface area contributed by atoms with E-state index in [0.717, 1.165) is 44.2 Å². The first-order valence-corrected chi connectivity index (χ1v) is 9.63. The molecule has 0 unspecified atom stereocenters. The number of hydrogen-bond donors (Lipinski definition) is 0. The molecule has 0 amide bonds. The molecule has 7 heteroatoms. The van der Waals surface area contributed by atoms with Crippen LogP contribution in [0, 0.1) is 0 Å². The second kappa shape index (κ2) is 6.09. The minimum atomic E-state index is 0.289. The van der Waals surface area contributed by atoms with Gasteiger partial charge in [0.2, 0.25) is 6.79 Å². The summed E-state index contributed by atoms with van der Waals surface area (Å²) >= 11 is 3.33. The van der Waals surface area contributed by atoms with Gasteiger partial charge in [0.05, 0.1) is 17.4 Å². The average molecular weight is 367 g/mol. The van der Waals surface area contributed by atoms with Crippen LogP contribution >= 0.6 is 23.1 Å². The lowest BCUT2D eigenvalue weighted by molar-refractivity contribution is 0.174. The number of nitrogens with zero attached hydrogens (tertiary/aromatic N) is 3. The fraction of sp³-hybridized carbons (Fsp3) is 0.111. The number of fused-ring (bicyclic) bond motifs is 2. The van der Waals surface area contributed by atoms with Gasteiger partial charge >= 0.3 is 0 Å². The fourth-order valence-electron chi connectivity index (χ4n) is 2.70. The lowest BCUT2D eigenvalue weighted by Gasteiger charge is -2.00. The van der Waals surface area contributed by atoms with E-state index in [9.17, 15) is 0 Å². The van der Waals surface area contributed by atoms with E-state index in [1.807, 2.05) is 42.7 Å². The standard InChI is InChI=1S/C18H13N3O2S2/c1-2-6-21-14(3-1)8-19-18(21)25-10-13-9-24-17(20-13)12-4-5-15-16(7-12)23-11-22-15/h1-9H,10-11H2. The molecule has 0 fully saturated rings. The van der Waals surface area contributed by atoms with Crippen molar-refractivity contribution in [1.29, 1.82) is 0 Å². The van der Waals surface area contributed by atoms with E-state index in [-0.39, 0.29) is 6.79 Å². The van der Waals surface area contributed by atoms with Crippen molar-refractivity contribution in [2.24, 2.45) is 0 Å². The summed E-state index contributed by atoms with van der Waals surface area (Å²) in [6.07, 6.45) is 3.92. The summed E-state index contributed by atoms with van der Waals surface area (Å²) in [4.78, 5) is 9.24. The smallest absolute Gasteiger partial charge is 0.231 e. The molecule has 0 bridgehead atoms. The molecule has 0 radical (unpaired) electrons. The van der Waals surface area contributed by atoms with E-state index < -0.39 is 0 Å². The highest BCUT2D eigenvalue weighted by Crippen LogP contribution is 2.37. The highest BCUT2D eigenvalue weighted by Gasteiger charge is 2.15. The van der Waals surface area contributed by atoms with Crippen molar-refractivity contribution in [3.63, 3.8) is 0 Å². The molecule has 0 aliphatic carbocycles. The Morgan fingerprint density at radius 2 is 2.12 bits per heavy atom. The third kappa shape index (κ3) is 2.75. The predicted octanol–water partition coefficient (Wildman–Crippen LogP) is 4.48. The van der Waals surface area contributed by atoms with Gasteiger partial charge in [-0.25, -0.2) is 9.97 Å². The van der Waals surface area contributed by atoms with Crippen LogP contribution in [0.1, 0.15) is 5.69 Å². The fourth-order valence-corrected chi connectivity index (χ4v) is 4.48. The lowest BCUT2D eigenvalue weighted by atomic mass is 10.2. The molecule has 4 heterocycles. The van der Waals surface area contributed by atoms with E-state index in [0.29, 0.717) is 0 Å². The highest BCUT2D eigenvalue weighted by atomic mass is 32.2. The molecular formula is C18H13N3O2S2. The Hall–Kier alpha value is -2.51. The Balaban J connectivity index is 1.34. The average Bonchev–Trinajstić information content (AvgIpc) is 3.38. The number of ether oxygens (including phenoxy) is 2. The number of hydrogen-bond acceptors (Lipinski definition) is 6. The maximum absolute atomic E-state index is 5.44. The first-order valence-electron chi connectivity index (χ1n) is 7.76. The van der Waals surface area contributed by atoms with E-state index in [2.05, 4.69) is 20.8 Å². The molecule has 0 N–H and O–H groups in total. The van der Waals surface area contributed by atoms with Gasteiger partial charge in [-0.15, -0.1) is 11.3 Å². The minimum absolute atomic E-state index is 0.289. The summed E-state index contributed by atoms with van der Waals surface area (Å²) in [7, 11) is 0. The molecular weight excluding hydrogens is 354 g/mol. The Labute approximate surface area is 152 Å². The summed E-state index contributed by atoms with van der Waals surface area (Å²) in [5.74, 6) is 2.37. The number of pyridine rings is 1. The third-order valence-electron chi connectivity index (χ3n) is 3.93. The first kappa shape index (κ1) is 14.8. The van der Waals surface area contributed by atoms with Crippen molar-refractivity contribution in [2.45, 2.75) is 10.9 Å². The molecule has 5 nitrogen and oxygen atoms in total. The van der Waals surface area contributed by atoms with Gasteiger partial charge in [-0.3, -0.25) is 4.40 Å². The maximum Gasteiger partial charge on any atom is 0.231 e. The highest BCUT2D eigenvalue weighted by molar-refractivity contribution is 7.98. The Morgan fingerprint density at radius 1 is 1.16 bits per heavy atom. The van der Waals surface area contributed by atoms with Gasteiger partial charge in [-0.1, -0.05) is 17.8 Å². The zero-order valence-corrected chi connectivity index (χ0v) is 14.7. The zero-order chi connectivity index (χ0) is 16.6. The molecule has 0 saturated carbocycles. The minimum Gasteiger partial charge on any atom is -0.454 e. The van der Waals surface area contributed by atoms with Crippen LogP contribution in [0.3, 0.4) is 0 Å². The summed E-state index contributed by atoms with van der Waals surface area (Å²) in [5, 5.41) is 4.07. The van der Waals surface area contributed by atoms with Crippen LogP contribution < -0.4 is 9.47 Å². The molecule has 124 valence electrons. The number of rotatable bonds is 4. The SMILES string of the molecule is c1ccn2c(SCc3csc(-c4ccc5c(c4)OCO5)n3)ncc2c1. The summed E-state index contributed by atoms with van der Waals surface area (Å²) in [6.45, 7) is 0.289. The van der Waals surface area contributed by atoms with Crippen molar-refractivity contribution >= 4 is 28.6 Å². The van der Waals surface area contributed by atoms with Crippen LogP contribution in [0.15, 0.2) is 59.3 Å². The van der Waals surface area contributed by atoms with Crippen molar-refractivity contribution in [3.05, 3.63) is 59.9 Å². The van der Waals surface area contributed by atoms with Gasteiger partial charge in [0.25, 0.3) is 0 Å². The van der Waals surface area contributed by atoms with Crippen LogP contribution in [0.25, 0.3) is 16.1 Å². The van der Waals surface area contributed by atoms with Crippen LogP contribution in [0.5, 0.6) is 11.5 Å². The molecule has 25 heavy (non-hydrogen) atoms. The molecule has 3 aromatic heterocycles. The summed E-state index contributed by atoms with van der Waals surface area (Å²) in [6, 6.07) is 12.0. The van der Waals surface area contributed by atoms with Gasteiger partial charge in [-0.2, -0.15) is 0 Å². The quantitative estimate of drug-likeness (QED) is 0.498. The zero-order valence-electron chi connectivity index (χ0n) is 13.1. The normalized spacial score (nSPS) is 12.8. The van der Waals surface area contributed by atoms with Gasteiger partial charge in [0, 0.05) is 22.9 Å². The van der Waals surface area contributed by atoms with Crippen LogP contribution in [0.4, 0.5) is 0 Å². The predicted molar refractivity (Wildman–Crippen MR) is 98.4 cm³/mol. The van der Waals surface area contributed by atoms with Crippen LogP contribution in [0.2, 0.25) is 0 Å². The first-order chi connectivity index (χ1) is 12.4. The lowest BCUT2D eigenvalue weighted by Crippen LogP contribution is -1.92. The monoisotopic (exact) mass is 367 g/mol. The second-order valence-electron chi connectivity index (χ2n) is 5.54. The summed E-state index contributed by atoms with van der Waals surface area (Å²) < 4.78 is 12.9.